The standard InChI is InChI=1S/C20H20N4O2.C10H8N2O2.C10H14N2O/c1-15(25)21-13-14-24(16-7-3-2-4-8-16)20(26)12-11-19-17-9-5-6-10-18(17)22-23-19;13-10(14)6-5-9-7-3-1-2-4-8(7)11-12-9;1-9(13)11-7-8-12-10-5-3-2-4-6-10/h2-12H,13-14H2,1H3,(H,21,25)(H,22,23);1-6H,(H,11,12)(H,13,14);2-6,12H,7-8H2,1H3,(H,11,13)/b12-11+;6-5+;. The van der Waals surface area contributed by atoms with Gasteiger partial charge < -0.3 is 26.0 Å². The normalized spacial score (nSPS) is 10.6. The van der Waals surface area contributed by atoms with E-state index < -0.39 is 5.97 Å². The molecule has 3 amide bonds. The Labute approximate surface area is 306 Å². The van der Waals surface area contributed by atoms with Crippen molar-refractivity contribution < 1.29 is 24.3 Å². The molecule has 6 aromatic rings. The molecule has 0 fully saturated rings. The lowest BCUT2D eigenvalue weighted by Gasteiger charge is -2.21. The predicted molar refractivity (Wildman–Crippen MR) is 209 cm³/mol. The van der Waals surface area contributed by atoms with Gasteiger partial charge in [0, 0.05) is 74.3 Å². The zero-order valence-corrected chi connectivity index (χ0v) is 29.5. The Kier molecular flexibility index (Phi) is 15.1. The topological polar surface area (TPSA) is 185 Å². The van der Waals surface area contributed by atoms with Gasteiger partial charge in [0.05, 0.1) is 22.4 Å². The van der Waals surface area contributed by atoms with Crippen LogP contribution in [0.2, 0.25) is 0 Å². The molecule has 13 heteroatoms. The van der Waals surface area contributed by atoms with Gasteiger partial charge in [-0.2, -0.15) is 10.2 Å². The molecule has 0 saturated carbocycles. The lowest BCUT2D eigenvalue weighted by atomic mass is 10.2. The summed E-state index contributed by atoms with van der Waals surface area (Å²) in [5, 5.41) is 33.0. The second-order valence-corrected chi connectivity index (χ2v) is 11.4. The molecule has 0 radical (unpaired) electrons. The molecule has 0 unspecified atom stereocenters. The number of carbonyl (C=O) groups is 4. The highest BCUT2D eigenvalue weighted by atomic mass is 16.4. The largest absolute Gasteiger partial charge is 0.478 e. The van der Waals surface area contributed by atoms with Crippen LogP contribution in [0.5, 0.6) is 0 Å². The number of hydrogen-bond donors (Lipinski definition) is 6. The number of aromatic amines is 2. The summed E-state index contributed by atoms with van der Waals surface area (Å²) < 4.78 is 0. The second-order valence-electron chi connectivity index (χ2n) is 11.4. The van der Waals surface area contributed by atoms with E-state index in [0.29, 0.717) is 31.0 Å². The van der Waals surface area contributed by atoms with Crippen molar-refractivity contribution >= 4 is 69.0 Å². The number of fused-ring (bicyclic) bond motifs is 2. The summed E-state index contributed by atoms with van der Waals surface area (Å²) in [4.78, 5) is 46.3. The molecule has 53 heavy (non-hydrogen) atoms. The number of amides is 3. The number of aromatic nitrogens is 4. The lowest BCUT2D eigenvalue weighted by molar-refractivity contribution is -0.131. The average Bonchev–Trinajstić information content (AvgIpc) is 3.78. The molecule has 0 aliphatic heterocycles. The number of aliphatic carboxylic acids is 1. The maximum absolute atomic E-state index is 12.7. The number of H-pyrrole nitrogens is 2. The Balaban J connectivity index is 0.000000196. The van der Waals surface area contributed by atoms with E-state index >= 15 is 0 Å². The summed E-state index contributed by atoms with van der Waals surface area (Å²) >= 11 is 0. The molecule has 6 rings (SSSR count). The van der Waals surface area contributed by atoms with Crippen molar-refractivity contribution in [2.75, 3.05) is 36.4 Å². The van der Waals surface area contributed by atoms with E-state index in [0.717, 1.165) is 45.8 Å². The third-order valence-corrected chi connectivity index (χ3v) is 7.41. The van der Waals surface area contributed by atoms with Crippen molar-refractivity contribution in [2.45, 2.75) is 13.8 Å². The van der Waals surface area contributed by atoms with Gasteiger partial charge in [-0.15, -0.1) is 0 Å². The molecule has 2 heterocycles. The fourth-order valence-electron chi connectivity index (χ4n) is 4.93. The predicted octanol–water partition coefficient (Wildman–Crippen LogP) is 5.64. The molecule has 6 N–H and O–H groups in total. The average molecular weight is 715 g/mol. The van der Waals surface area contributed by atoms with E-state index in [-0.39, 0.29) is 17.7 Å². The first-order valence-electron chi connectivity index (χ1n) is 16.8. The van der Waals surface area contributed by atoms with Crippen LogP contribution in [0.1, 0.15) is 25.2 Å². The maximum atomic E-state index is 12.7. The quantitative estimate of drug-likeness (QED) is 0.0695. The van der Waals surface area contributed by atoms with Crippen molar-refractivity contribution in [3.05, 3.63) is 133 Å². The molecular weight excluding hydrogens is 672 g/mol. The van der Waals surface area contributed by atoms with Gasteiger partial charge in [-0.1, -0.05) is 72.8 Å². The number of para-hydroxylation sites is 4. The summed E-state index contributed by atoms with van der Waals surface area (Å²) in [5.41, 5.74) is 5.03. The zero-order chi connectivity index (χ0) is 37.8. The number of carboxylic acid groups (broad SMARTS) is 1. The van der Waals surface area contributed by atoms with E-state index in [9.17, 15) is 19.2 Å². The van der Waals surface area contributed by atoms with E-state index in [4.69, 9.17) is 5.11 Å². The van der Waals surface area contributed by atoms with Gasteiger partial charge >= 0.3 is 5.97 Å². The summed E-state index contributed by atoms with van der Waals surface area (Å²) in [6.07, 6.45) is 5.75. The zero-order valence-electron chi connectivity index (χ0n) is 29.5. The number of nitrogens with zero attached hydrogens (tertiary/aromatic N) is 3. The molecule has 272 valence electrons. The Morgan fingerprint density at radius 1 is 0.642 bits per heavy atom. The highest BCUT2D eigenvalue weighted by Crippen LogP contribution is 2.18. The summed E-state index contributed by atoms with van der Waals surface area (Å²) in [6, 6.07) is 34.6. The molecule has 4 aromatic carbocycles. The van der Waals surface area contributed by atoms with Crippen LogP contribution in [-0.2, 0) is 19.2 Å². The van der Waals surface area contributed by atoms with E-state index in [1.165, 1.54) is 26.0 Å². The van der Waals surface area contributed by atoms with Crippen LogP contribution in [0.25, 0.3) is 34.0 Å². The number of nitrogens with one attached hydrogen (secondary N) is 5. The highest BCUT2D eigenvalue weighted by Gasteiger charge is 2.13. The monoisotopic (exact) mass is 714 g/mol. The fraction of sp³-hybridized carbons (Fsp3) is 0.150. The van der Waals surface area contributed by atoms with Crippen LogP contribution in [0.15, 0.2) is 121 Å². The number of benzene rings is 4. The smallest absolute Gasteiger partial charge is 0.328 e. The van der Waals surface area contributed by atoms with Crippen molar-refractivity contribution in [1.82, 2.24) is 31.0 Å². The number of carboxylic acids is 1. The van der Waals surface area contributed by atoms with Gasteiger partial charge in [0.1, 0.15) is 0 Å². The Bertz CT molecular complexity index is 2140. The molecule has 0 aliphatic rings. The minimum absolute atomic E-state index is 0.00913. The summed E-state index contributed by atoms with van der Waals surface area (Å²) in [7, 11) is 0. The Hall–Kier alpha value is -7.02. The number of hydrogen-bond acceptors (Lipinski definition) is 7. The SMILES string of the molecule is CC(=O)NCCN(C(=O)/C=C/c1n[nH]c2ccccc12)c1ccccc1.CC(=O)NCCNc1ccccc1.O=C(O)/C=C/c1n[nH]c2ccccc12. The molecule has 2 aromatic heterocycles. The Morgan fingerprint density at radius 2 is 1.13 bits per heavy atom. The second kappa shape index (κ2) is 20.6. The van der Waals surface area contributed by atoms with Crippen LogP contribution in [-0.4, -0.2) is 75.4 Å². The van der Waals surface area contributed by atoms with E-state index in [1.54, 1.807) is 11.0 Å². The van der Waals surface area contributed by atoms with Crippen LogP contribution >= 0.6 is 0 Å². The maximum Gasteiger partial charge on any atom is 0.328 e. The van der Waals surface area contributed by atoms with Crippen LogP contribution in [0.3, 0.4) is 0 Å². The third kappa shape index (κ3) is 13.0. The molecule has 13 nitrogen and oxygen atoms in total. The number of anilines is 2. The summed E-state index contributed by atoms with van der Waals surface area (Å²) in [5.74, 6) is -1.26. The first kappa shape index (κ1) is 38.8. The highest BCUT2D eigenvalue weighted by molar-refractivity contribution is 6.04. The Morgan fingerprint density at radius 3 is 1.68 bits per heavy atom. The molecule has 0 spiro atoms. The third-order valence-electron chi connectivity index (χ3n) is 7.41. The van der Waals surface area contributed by atoms with Crippen molar-refractivity contribution in [1.29, 1.82) is 0 Å². The number of carbonyl (C=O) groups excluding carboxylic acids is 3. The molecule has 0 bridgehead atoms. The molecule has 0 atom stereocenters. The first-order valence-corrected chi connectivity index (χ1v) is 16.8. The fourth-order valence-corrected chi connectivity index (χ4v) is 4.93. The van der Waals surface area contributed by atoms with Gasteiger partial charge in [0.2, 0.25) is 11.8 Å². The van der Waals surface area contributed by atoms with Crippen LogP contribution in [0, 0.1) is 0 Å². The van der Waals surface area contributed by atoms with Crippen molar-refractivity contribution in [3.8, 4) is 0 Å². The van der Waals surface area contributed by atoms with E-state index in [2.05, 4.69) is 36.3 Å². The first-order chi connectivity index (χ1) is 25.7. The number of rotatable bonds is 12. The van der Waals surface area contributed by atoms with Crippen LogP contribution < -0.4 is 20.9 Å². The van der Waals surface area contributed by atoms with E-state index in [1.807, 2.05) is 109 Å². The summed E-state index contributed by atoms with van der Waals surface area (Å²) in [6.45, 7) is 5.15. The van der Waals surface area contributed by atoms with Gasteiger partial charge in [-0.25, -0.2) is 4.79 Å². The molecular formula is C40H42N8O5. The van der Waals surface area contributed by atoms with Gasteiger partial charge in [0.25, 0.3) is 5.91 Å². The minimum atomic E-state index is -0.975. The lowest BCUT2D eigenvalue weighted by Crippen LogP contribution is -2.37. The van der Waals surface area contributed by atoms with Crippen LogP contribution in [0.4, 0.5) is 11.4 Å². The van der Waals surface area contributed by atoms with Gasteiger partial charge in [-0.05, 0) is 48.6 Å². The van der Waals surface area contributed by atoms with Gasteiger partial charge in [0.15, 0.2) is 0 Å². The van der Waals surface area contributed by atoms with Crippen molar-refractivity contribution in [3.63, 3.8) is 0 Å². The molecule has 0 saturated heterocycles. The minimum Gasteiger partial charge on any atom is -0.478 e. The van der Waals surface area contributed by atoms with Gasteiger partial charge in [-0.3, -0.25) is 24.6 Å². The molecule has 0 aliphatic carbocycles. The van der Waals surface area contributed by atoms with Crippen molar-refractivity contribution in [2.24, 2.45) is 0 Å².